The van der Waals surface area contributed by atoms with Crippen LogP contribution >= 0.6 is 0 Å². The van der Waals surface area contributed by atoms with Crippen molar-refractivity contribution < 1.29 is 9.47 Å². The van der Waals surface area contributed by atoms with E-state index in [1.807, 2.05) is 0 Å². The van der Waals surface area contributed by atoms with Gasteiger partial charge in [-0.1, -0.05) is 19.8 Å². The quantitative estimate of drug-likeness (QED) is 0.626. The van der Waals surface area contributed by atoms with Gasteiger partial charge in [-0.15, -0.1) is 0 Å². The smallest absolute Gasteiger partial charge is 0.0594 e. The molecule has 1 aliphatic carbocycles. The SMILES string of the molecule is COCC(C)CNCCOC1CCCC1. The van der Waals surface area contributed by atoms with Gasteiger partial charge in [0.1, 0.15) is 0 Å². The Kier molecular flexibility index (Phi) is 6.98. The van der Waals surface area contributed by atoms with Crippen LogP contribution in [0.4, 0.5) is 0 Å². The highest BCUT2D eigenvalue weighted by Gasteiger charge is 2.14. The van der Waals surface area contributed by atoms with Gasteiger partial charge in [0, 0.05) is 20.3 Å². The molecule has 0 aromatic carbocycles. The molecule has 0 aliphatic heterocycles. The molecule has 3 heteroatoms. The average molecular weight is 215 g/mol. The molecule has 1 aliphatic rings. The van der Waals surface area contributed by atoms with Crippen LogP contribution in [-0.4, -0.2) is 39.5 Å². The number of ether oxygens (including phenoxy) is 2. The predicted octanol–water partition coefficient (Wildman–Crippen LogP) is 1.82. The van der Waals surface area contributed by atoms with E-state index in [-0.39, 0.29) is 0 Å². The fourth-order valence-electron chi connectivity index (χ4n) is 2.04. The minimum absolute atomic E-state index is 0.545. The monoisotopic (exact) mass is 215 g/mol. The van der Waals surface area contributed by atoms with Gasteiger partial charge in [0.2, 0.25) is 0 Å². The molecule has 0 amide bonds. The second-order valence-corrected chi connectivity index (χ2v) is 4.54. The Morgan fingerprint density at radius 3 is 2.73 bits per heavy atom. The number of nitrogens with one attached hydrogen (secondary N) is 1. The lowest BCUT2D eigenvalue weighted by Gasteiger charge is -2.13. The van der Waals surface area contributed by atoms with Gasteiger partial charge in [-0.25, -0.2) is 0 Å². The van der Waals surface area contributed by atoms with E-state index in [2.05, 4.69) is 12.2 Å². The first-order valence-electron chi connectivity index (χ1n) is 6.14. The Morgan fingerprint density at radius 1 is 1.33 bits per heavy atom. The molecule has 0 saturated heterocycles. The fourth-order valence-corrected chi connectivity index (χ4v) is 2.04. The predicted molar refractivity (Wildman–Crippen MR) is 62.1 cm³/mol. The molecule has 1 fully saturated rings. The van der Waals surface area contributed by atoms with Crippen LogP contribution in [0.15, 0.2) is 0 Å². The van der Waals surface area contributed by atoms with Crippen LogP contribution in [-0.2, 0) is 9.47 Å². The van der Waals surface area contributed by atoms with Crippen molar-refractivity contribution in [2.24, 2.45) is 5.92 Å². The molecule has 0 heterocycles. The molecular formula is C12H25NO2. The second-order valence-electron chi connectivity index (χ2n) is 4.54. The zero-order valence-corrected chi connectivity index (χ0v) is 10.1. The van der Waals surface area contributed by atoms with Crippen molar-refractivity contribution in [2.75, 3.05) is 33.4 Å². The highest BCUT2D eigenvalue weighted by molar-refractivity contribution is 4.66. The van der Waals surface area contributed by atoms with E-state index in [1.54, 1.807) is 7.11 Å². The van der Waals surface area contributed by atoms with Gasteiger partial charge in [-0.05, 0) is 25.3 Å². The van der Waals surface area contributed by atoms with Crippen LogP contribution in [0.25, 0.3) is 0 Å². The molecule has 15 heavy (non-hydrogen) atoms. The molecule has 1 unspecified atom stereocenters. The van der Waals surface area contributed by atoms with E-state index in [0.717, 1.165) is 26.3 Å². The Bertz CT molecular complexity index is 147. The lowest BCUT2D eigenvalue weighted by molar-refractivity contribution is 0.0594. The van der Waals surface area contributed by atoms with Gasteiger partial charge >= 0.3 is 0 Å². The molecule has 0 bridgehead atoms. The molecule has 1 rings (SSSR count). The van der Waals surface area contributed by atoms with Crippen molar-refractivity contribution in [3.63, 3.8) is 0 Å². The van der Waals surface area contributed by atoms with E-state index in [4.69, 9.17) is 9.47 Å². The van der Waals surface area contributed by atoms with Gasteiger partial charge in [-0.2, -0.15) is 0 Å². The maximum absolute atomic E-state index is 5.75. The normalized spacial score (nSPS) is 19.6. The summed E-state index contributed by atoms with van der Waals surface area (Å²) >= 11 is 0. The second kappa shape index (κ2) is 8.08. The van der Waals surface area contributed by atoms with Gasteiger partial charge in [-0.3, -0.25) is 0 Å². The summed E-state index contributed by atoms with van der Waals surface area (Å²) < 4.78 is 10.8. The minimum Gasteiger partial charge on any atom is -0.384 e. The number of hydrogen-bond acceptors (Lipinski definition) is 3. The molecule has 3 nitrogen and oxygen atoms in total. The molecule has 1 saturated carbocycles. The summed E-state index contributed by atoms with van der Waals surface area (Å²) in [4.78, 5) is 0. The van der Waals surface area contributed by atoms with E-state index < -0.39 is 0 Å². The third kappa shape index (κ3) is 6.13. The third-order valence-corrected chi connectivity index (χ3v) is 2.88. The maximum Gasteiger partial charge on any atom is 0.0594 e. The van der Waals surface area contributed by atoms with Crippen molar-refractivity contribution >= 4 is 0 Å². The van der Waals surface area contributed by atoms with Crippen molar-refractivity contribution in [3.8, 4) is 0 Å². The maximum atomic E-state index is 5.75. The fraction of sp³-hybridized carbons (Fsp3) is 1.00. The van der Waals surface area contributed by atoms with Crippen molar-refractivity contribution in [1.82, 2.24) is 5.32 Å². The molecule has 90 valence electrons. The van der Waals surface area contributed by atoms with Crippen molar-refractivity contribution in [1.29, 1.82) is 0 Å². The Balaban J connectivity index is 1.84. The van der Waals surface area contributed by atoms with E-state index >= 15 is 0 Å². The molecular weight excluding hydrogens is 190 g/mol. The van der Waals surface area contributed by atoms with Crippen LogP contribution in [0.5, 0.6) is 0 Å². The van der Waals surface area contributed by atoms with Crippen LogP contribution < -0.4 is 5.32 Å². The topological polar surface area (TPSA) is 30.5 Å². The summed E-state index contributed by atoms with van der Waals surface area (Å²) in [6, 6.07) is 0. The van der Waals surface area contributed by atoms with Crippen LogP contribution in [0.3, 0.4) is 0 Å². The summed E-state index contributed by atoms with van der Waals surface area (Å²) in [6.45, 7) is 5.85. The zero-order valence-electron chi connectivity index (χ0n) is 10.1. The Hall–Kier alpha value is -0.120. The van der Waals surface area contributed by atoms with Gasteiger partial charge in [0.15, 0.2) is 0 Å². The average Bonchev–Trinajstić information content (AvgIpc) is 2.70. The third-order valence-electron chi connectivity index (χ3n) is 2.88. The highest BCUT2D eigenvalue weighted by atomic mass is 16.5. The summed E-state index contributed by atoms with van der Waals surface area (Å²) in [5.41, 5.74) is 0. The van der Waals surface area contributed by atoms with Crippen molar-refractivity contribution in [3.05, 3.63) is 0 Å². The van der Waals surface area contributed by atoms with Crippen molar-refractivity contribution in [2.45, 2.75) is 38.7 Å². The zero-order chi connectivity index (χ0) is 10.9. The molecule has 0 radical (unpaired) electrons. The lowest BCUT2D eigenvalue weighted by Crippen LogP contribution is -2.28. The summed E-state index contributed by atoms with van der Waals surface area (Å²) in [5, 5.41) is 3.39. The molecule has 0 spiro atoms. The lowest BCUT2D eigenvalue weighted by atomic mass is 10.2. The van der Waals surface area contributed by atoms with Crippen LogP contribution in [0.1, 0.15) is 32.6 Å². The largest absolute Gasteiger partial charge is 0.384 e. The molecule has 0 aromatic rings. The van der Waals surface area contributed by atoms with Gasteiger partial charge in [0.05, 0.1) is 12.7 Å². The highest BCUT2D eigenvalue weighted by Crippen LogP contribution is 2.20. The number of methoxy groups -OCH3 is 1. The standard InChI is InChI=1S/C12H25NO2/c1-11(10-14-2)9-13-7-8-15-12-5-3-4-6-12/h11-13H,3-10H2,1-2H3. The molecule has 0 aromatic heterocycles. The summed E-state index contributed by atoms with van der Waals surface area (Å²) in [6.07, 6.45) is 5.77. The van der Waals surface area contributed by atoms with Crippen LogP contribution in [0.2, 0.25) is 0 Å². The number of hydrogen-bond donors (Lipinski definition) is 1. The van der Waals surface area contributed by atoms with Crippen LogP contribution in [0, 0.1) is 5.92 Å². The molecule has 1 atom stereocenters. The van der Waals surface area contributed by atoms with E-state index in [1.165, 1.54) is 25.7 Å². The number of rotatable bonds is 8. The first-order chi connectivity index (χ1) is 7.33. The first-order valence-corrected chi connectivity index (χ1v) is 6.14. The van der Waals surface area contributed by atoms with E-state index in [9.17, 15) is 0 Å². The Morgan fingerprint density at radius 2 is 2.07 bits per heavy atom. The van der Waals surface area contributed by atoms with Gasteiger partial charge in [0.25, 0.3) is 0 Å². The Labute approximate surface area is 93.5 Å². The first kappa shape index (κ1) is 12.9. The van der Waals surface area contributed by atoms with E-state index in [0.29, 0.717) is 12.0 Å². The summed E-state index contributed by atoms with van der Waals surface area (Å²) in [7, 11) is 1.75. The van der Waals surface area contributed by atoms with Gasteiger partial charge < -0.3 is 14.8 Å². The summed E-state index contributed by atoms with van der Waals surface area (Å²) in [5.74, 6) is 0.585. The molecule has 1 N–H and O–H groups in total. The minimum atomic E-state index is 0.545.